The molecule has 0 amide bonds. The Morgan fingerprint density at radius 3 is 1.23 bits per heavy atom. The Morgan fingerprint density at radius 2 is 0.867 bits per heavy atom. The summed E-state index contributed by atoms with van der Waals surface area (Å²) in [4.78, 5) is 0. The molecule has 0 saturated carbocycles. The van der Waals surface area contributed by atoms with Gasteiger partial charge in [0.2, 0.25) is 0 Å². The SMILES string of the molecule is CCCCCCC[P+](CCCCCCC)(Cc1ccccc1)Cc1ccccc1.[Cl-]. The molecule has 2 rings (SSSR count). The third kappa shape index (κ3) is 11.0. The van der Waals surface area contributed by atoms with Gasteiger partial charge in [-0.3, -0.25) is 0 Å². The number of unbranched alkanes of at least 4 members (excludes halogenated alkanes) is 8. The lowest BCUT2D eigenvalue weighted by Gasteiger charge is -2.28. The van der Waals surface area contributed by atoms with Gasteiger partial charge in [0.1, 0.15) is 0 Å². The molecule has 0 aliphatic heterocycles. The minimum atomic E-state index is -1.04. The van der Waals surface area contributed by atoms with Gasteiger partial charge in [0, 0.05) is 7.26 Å². The number of halogens is 1. The zero-order chi connectivity index (χ0) is 20.6. The molecule has 0 N–H and O–H groups in total. The smallest absolute Gasteiger partial charge is 0.0846 e. The van der Waals surface area contributed by atoms with Crippen LogP contribution < -0.4 is 12.4 Å². The third-order valence-electron chi connectivity index (χ3n) is 6.19. The maximum atomic E-state index is 2.37. The highest BCUT2D eigenvalue weighted by molar-refractivity contribution is 7.74. The highest BCUT2D eigenvalue weighted by atomic mass is 35.5. The van der Waals surface area contributed by atoms with Crippen LogP contribution in [0.2, 0.25) is 0 Å². The summed E-state index contributed by atoms with van der Waals surface area (Å²) in [5.41, 5.74) is 3.14. The molecule has 2 aromatic rings. The average Bonchev–Trinajstić information content (AvgIpc) is 2.75. The van der Waals surface area contributed by atoms with E-state index in [9.17, 15) is 0 Å². The Morgan fingerprint density at radius 1 is 0.500 bits per heavy atom. The van der Waals surface area contributed by atoms with Crippen LogP contribution in [0.4, 0.5) is 0 Å². The molecule has 168 valence electrons. The van der Waals surface area contributed by atoms with Crippen LogP contribution >= 0.6 is 7.26 Å². The molecule has 0 nitrogen and oxygen atoms in total. The van der Waals surface area contributed by atoms with Gasteiger partial charge in [-0.1, -0.05) is 113 Å². The second-order valence-corrected chi connectivity index (χ2v) is 13.1. The van der Waals surface area contributed by atoms with E-state index in [2.05, 4.69) is 74.5 Å². The molecule has 0 aliphatic carbocycles. The predicted molar refractivity (Wildman–Crippen MR) is 134 cm³/mol. The van der Waals surface area contributed by atoms with Crippen molar-refractivity contribution in [3.8, 4) is 0 Å². The average molecular weight is 447 g/mol. The normalized spacial score (nSPS) is 11.3. The minimum Gasteiger partial charge on any atom is -1.00 e. The van der Waals surface area contributed by atoms with Crippen molar-refractivity contribution in [3.63, 3.8) is 0 Å². The highest BCUT2D eigenvalue weighted by Crippen LogP contribution is 2.65. The molecule has 0 aliphatic rings. The van der Waals surface area contributed by atoms with Crippen molar-refractivity contribution in [1.82, 2.24) is 0 Å². The van der Waals surface area contributed by atoms with Crippen molar-refractivity contribution in [1.29, 1.82) is 0 Å². The fourth-order valence-electron chi connectivity index (χ4n) is 4.53. The lowest BCUT2D eigenvalue weighted by molar-refractivity contribution is -0.00000634. The predicted octanol–water partition coefficient (Wildman–Crippen LogP) is 6.35. The number of hydrogen-bond donors (Lipinski definition) is 0. The first kappa shape index (κ1) is 27.2. The molecule has 0 unspecified atom stereocenters. The van der Waals surface area contributed by atoms with Gasteiger partial charge in [-0.2, -0.15) is 0 Å². The highest BCUT2D eigenvalue weighted by Gasteiger charge is 2.36. The fourth-order valence-corrected chi connectivity index (χ4v) is 9.25. The van der Waals surface area contributed by atoms with Crippen molar-refractivity contribution in [2.24, 2.45) is 0 Å². The van der Waals surface area contributed by atoms with Crippen LogP contribution in [0.3, 0.4) is 0 Å². The van der Waals surface area contributed by atoms with Crippen LogP contribution in [0.5, 0.6) is 0 Å². The summed E-state index contributed by atoms with van der Waals surface area (Å²) >= 11 is 0. The van der Waals surface area contributed by atoms with E-state index < -0.39 is 7.26 Å². The van der Waals surface area contributed by atoms with E-state index in [0.29, 0.717) is 0 Å². The number of benzene rings is 2. The van der Waals surface area contributed by atoms with Gasteiger partial charge in [0.25, 0.3) is 0 Å². The first-order valence-electron chi connectivity index (χ1n) is 12.2. The zero-order valence-corrected chi connectivity index (χ0v) is 21.1. The van der Waals surface area contributed by atoms with Gasteiger partial charge in [0.05, 0.1) is 24.6 Å². The molecule has 0 fully saturated rings. The summed E-state index contributed by atoms with van der Waals surface area (Å²) < 4.78 is 0. The second-order valence-electron chi connectivity index (χ2n) is 8.90. The van der Waals surface area contributed by atoms with E-state index in [4.69, 9.17) is 0 Å². The largest absolute Gasteiger partial charge is 1.00 e. The van der Waals surface area contributed by atoms with E-state index in [-0.39, 0.29) is 12.4 Å². The quantitative estimate of drug-likeness (QED) is 0.208. The van der Waals surface area contributed by atoms with Gasteiger partial charge in [-0.05, 0) is 36.8 Å². The van der Waals surface area contributed by atoms with Crippen LogP contribution in [-0.2, 0) is 12.3 Å². The van der Waals surface area contributed by atoms with Crippen LogP contribution in [0.1, 0.15) is 89.2 Å². The first-order chi connectivity index (χ1) is 14.3. The summed E-state index contributed by atoms with van der Waals surface area (Å²) in [6.45, 7) is 4.64. The standard InChI is InChI=1S/C28H44P.ClH/c1-3-5-7-9-17-23-29(24-18-10-8-6-4-2,25-27-19-13-11-14-20-27)26-28-21-15-12-16-22-28;/h11-16,19-22H,3-10,17-18,23-26H2,1-2H3;1H/q+1;/p-1. The van der Waals surface area contributed by atoms with Crippen molar-refractivity contribution < 1.29 is 12.4 Å². The Bertz CT molecular complexity index is 568. The summed E-state index contributed by atoms with van der Waals surface area (Å²) in [5.74, 6) is 0. The van der Waals surface area contributed by atoms with E-state index >= 15 is 0 Å². The van der Waals surface area contributed by atoms with E-state index in [0.717, 1.165) is 0 Å². The molecule has 0 radical (unpaired) electrons. The molecule has 0 saturated heterocycles. The van der Waals surface area contributed by atoms with Crippen LogP contribution in [-0.4, -0.2) is 12.3 Å². The molecular formula is C28H44ClP. The molecular weight excluding hydrogens is 403 g/mol. The Balaban J connectivity index is 0.00000450. The fraction of sp³-hybridized carbons (Fsp3) is 0.571. The molecule has 0 spiro atoms. The summed E-state index contributed by atoms with van der Waals surface area (Å²) in [7, 11) is -1.04. The van der Waals surface area contributed by atoms with Crippen LogP contribution in [0.25, 0.3) is 0 Å². The maximum Gasteiger partial charge on any atom is 0.0846 e. The van der Waals surface area contributed by atoms with Crippen LogP contribution in [0.15, 0.2) is 60.7 Å². The second kappa shape index (κ2) is 16.8. The lowest BCUT2D eigenvalue weighted by Crippen LogP contribution is -3.00. The monoisotopic (exact) mass is 446 g/mol. The van der Waals surface area contributed by atoms with Crippen LogP contribution in [0, 0.1) is 0 Å². The lowest BCUT2D eigenvalue weighted by atomic mass is 10.2. The van der Waals surface area contributed by atoms with Crippen molar-refractivity contribution in [2.45, 2.75) is 90.4 Å². The number of hydrogen-bond acceptors (Lipinski definition) is 0. The summed E-state index contributed by atoms with van der Waals surface area (Å²) in [6, 6.07) is 22.7. The maximum absolute atomic E-state index is 2.37. The van der Waals surface area contributed by atoms with E-state index in [1.54, 1.807) is 11.1 Å². The Labute approximate surface area is 194 Å². The number of rotatable bonds is 16. The van der Waals surface area contributed by atoms with Gasteiger partial charge in [-0.15, -0.1) is 0 Å². The zero-order valence-electron chi connectivity index (χ0n) is 19.5. The van der Waals surface area contributed by atoms with Gasteiger partial charge in [0.15, 0.2) is 0 Å². The Hall–Kier alpha value is -0.840. The summed E-state index contributed by atoms with van der Waals surface area (Å²) in [6.07, 6.45) is 19.7. The van der Waals surface area contributed by atoms with Gasteiger partial charge < -0.3 is 12.4 Å². The van der Waals surface area contributed by atoms with Crippen molar-refractivity contribution in [3.05, 3.63) is 71.8 Å². The van der Waals surface area contributed by atoms with Crippen molar-refractivity contribution >= 4 is 7.26 Å². The molecule has 2 aromatic carbocycles. The minimum absolute atomic E-state index is 0. The molecule has 0 bridgehead atoms. The molecule has 30 heavy (non-hydrogen) atoms. The third-order valence-corrected chi connectivity index (χ3v) is 10.8. The van der Waals surface area contributed by atoms with Gasteiger partial charge in [-0.25, -0.2) is 0 Å². The van der Waals surface area contributed by atoms with Gasteiger partial charge >= 0.3 is 0 Å². The molecule has 0 heterocycles. The van der Waals surface area contributed by atoms with E-state index in [1.807, 2.05) is 0 Å². The molecule has 0 aromatic heterocycles. The van der Waals surface area contributed by atoms with Crippen molar-refractivity contribution in [2.75, 3.05) is 12.3 Å². The molecule has 0 atom stereocenters. The summed E-state index contributed by atoms with van der Waals surface area (Å²) in [5, 5.41) is 0. The topological polar surface area (TPSA) is 0 Å². The Kier molecular flexibility index (Phi) is 15.2. The molecule has 2 heteroatoms. The van der Waals surface area contributed by atoms with E-state index in [1.165, 1.54) is 88.9 Å². The first-order valence-corrected chi connectivity index (χ1v) is 14.7.